The normalized spacial score (nSPS) is 15.7. The average Bonchev–Trinajstić information content (AvgIpc) is 3.28. The van der Waals surface area contributed by atoms with Crippen molar-refractivity contribution in [3.05, 3.63) is 64.3 Å². The van der Waals surface area contributed by atoms with Crippen LogP contribution >= 0.6 is 11.8 Å². The summed E-state index contributed by atoms with van der Waals surface area (Å²) in [6.07, 6.45) is 2.52. The molecule has 0 spiro atoms. The van der Waals surface area contributed by atoms with Crippen LogP contribution in [0.1, 0.15) is 45.2 Å². The maximum Gasteiger partial charge on any atom is 0.273 e. The molecule has 2 heterocycles. The molecule has 0 saturated heterocycles. The highest BCUT2D eigenvalue weighted by molar-refractivity contribution is 7.98. The molecule has 2 aromatic carbocycles. The monoisotopic (exact) mass is 423 g/mol. The van der Waals surface area contributed by atoms with E-state index in [9.17, 15) is 15.0 Å². The molecule has 1 aliphatic rings. The molecule has 1 aliphatic heterocycles. The highest BCUT2D eigenvalue weighted by Gasteiger charge is 2.42. The van der Waals surface area contributed by atoms with E-state index in [0.29, 0.717) is 29.9 Å². The van der Waals surface area contributed by atoms with Crippen LogP contribution in [0.15, 0.2) is 41.3 Å². The van der Waals surface area contributed by atoms with Crippen LogP contribution in [0.4, 0.5) is 0 Å². The third kappa shape index (κ3) is 3.38. The molecule has 4 rings (SSSR count). The van der Waals surface area contributed by atoms with Crippen molar-refractivity contribution in [2.75, 3.05) is 19.4 Å². The molecular formula is C23H25N3O3S. The number of thioether (sulfide) groups is 1. The van der Waals surface area contributed by atoms with Gasteiger partial charge in [0.15, 0.2) is 0 Å². The van der Waals surface area contributed by atoms with Crippen LogP contribution in [0, 0.1) is 13.8 Å². The van der Waals surface area contributed by atoms with Crippen molar-refractivity contribution in [3.63, 3.8) is 0 Å². The van der Waals surface area contributed by atoms with E-state index >= 15 is 0 Å². The van der Waals surface area contributed by atoms with E-state index in [2.05, 4.69) is 10.2 Å². The first kappa shape index (κ1) is 20.5. The summed E-state index contributed by atoms with van der Waals surface area (Å²) in [4.78, 5) is 16.1. The molecule has 1 amide bonds. The first-order chi connectivity index (χ1) is 14.5. The highest BCUT2D eigenvalue weighted by Crippen LogP contribution is 2.45. The SMILES string of the molecule is CSc1ccc(C2c3c(-c4cc(C)cc(C)c4O)n[nH]c3C(=O)N2CCCO)cc1. The van der Waals surface area contributed by atoms with Gasteiger partial charge < -0.3 is 15.1 Å². The van der Waals surface area contributed by atoms with E-state index in [0.717, 1.165) is 27.1 Å². The van der Waals surface area contributed by atoms with Gasteiger partial charge in [-0.1, -0.05) is 18.2 Å². The van der Waals surface area contributed by atoms with Gasteiger partial charge in [-0.15, -0.1) is 11.8 Å². The fourth-order valence-corrected chi connectivity index (χ4v) is 4.56. The van der Waals surface area contributed by atoms with Gasteiger partial charge in [0.2, 0.25) is 0 Å². The Kier molecular flexibility index (Phi) is 5.58. The number of aromatic nitrogens is 2. The lowest BCUT2D eigenvalue weighted by Crippen LogP contribution is -2.31. The summed E-state index contributed by atoms with van der Waals surface area (Å²) in [6, 6.07) is 11.6. The van der Waals surface area contributed by atoms with Crippen molar-refractivity contribution in [2.45, 2.75) is 31.2 Å². The quantitative estimate of drug-likeness (QED) is 0.521. The molecule has 0 bridgehead atoms. The Labute approximate surface area is 179 Å². The largest absolute Gasteiger partial charge is 0.507 e. The fraction of sp³-hybridized carbons (Fsp3) is 0.304. The second kappa shape index (κ2) is 8.16. The number of amides is 1. The predicted molar refractivity (Wildman–Crippen MR) is 118 cm³/mol. The van der Waals surface area contributed by atoms with E-state index < -0.39 is 0 Å². The second-order valence-electron chi connectivity index (χ2n) is 7.59. The van der Waals surface area contributed by atoms with E-state index in [1.54, 1.807) is 16.7 Å². The third-order valence-corrected chi connectivity index (χ3v) is 6.30. The number of aliphatic hydroxyl groups excluding tert-OH is 1. The van der Waals surface area contributed by atoms with Crippen LogP contribution in [0.25, 0.3) is 11.3 Å². The molecule has 0 fully saturated rings. The van der Waals surface area contributed by atoms with Gasteiger partial charge in [-0.05, 0) is 61.4 Å². The van der Waals surface area contributed by atoms with Gasteiger partial charge in [0.05, 0.1) is 6.04 Å². The first-order valence-corrected chi connectivity index (χ1v) is 11.1. The number of H-pyrrole nitrogens is 1. The number of fused-ring (bicyclic) bond motifs is 1. The van der Waals surface area contributed by atoms with Gasteiger partial charge in [-0.3, -0.25) is 9.89 Å². The Hall–Kier alpha value is -2.77. The standard InChI is InChI=1S/C23H25N3O3S/c1-13-11-14(2)22(28)17(12-13)19-18-20(25-24-19)23(29)26(9-4-10-27)21(18)15-5-7-16(30-3)8-6-15/h5-8,11-12,21,27-28H,4,9-10H2,1-3H3,(H,24,25). The lowest BCUT2D eigenvalue weighted by molar-refractivity contribution is 0.0732. The summed E-state index contributed by atoms with van der Waals surface area (Å²) in [5.74, 6) is 0.0349. The molecule has 3 aromatic rings. The maximum absolute atomic E-state index is 13.2. The number of benzene rings is 2. The number of nitrogens with one attached hydrogen (secondary N) is 1. The zero-order valence-corrected chi connectivity index (χ0v) is 18.1. The number of rotatable bonds is 6. The van der Waals surface area contributed by atoms with E-state index in [1.165, 1.54) is 0 Å². The Balaban J connectivity index is 1.89. The summed E-state index contributed by atoms with van der Waals surface area (Å²) in [5, 5.41) is 27.4. The Morgan fingerprint density at radius 1 is 1.20 bits per heavy atom. The maximum atomic E-state index is 13.2. The summed E-state index contributed by atoms with van der Waals surface area (Å²) >= 11 is 1.66. The number of hydrogen-bond acceptors (Lipinski definition) is 5. The highest BCUT2D eigenvalue weighted by atomic mass is 32.2. The molecule has 7 heteroatoms. The number of aromatic hydroxyl groups is 1. The molecule has 156 valence electrons. The van der Waals surface area contributed by atoms with Gasteiger partial charge in [0, 0.05) is 29.2 Å². The van der Waals surface area contributed by atoms with Crippen LogP contribution in [0.2, 0.25) is 0 Å². The number of phenols is 1. The lowest BCUT2D eigenvalue weighted by atomic mass is 9.94. The molecule has 3 N–H and O–H groups in total. The van der Waals surface area contributed by atoms with Gasteiger partial charge >= 0.3 is 0 Å². The van der Waals surface area contributed by atoms with E-state index in [4.69, 9.17) is 0 Å². The molecule has 0 saturated carbocycles. The molecule has 6 nitrogen and oxygen atoms in total. The number of phenolic OH excluding ortho intramolecular Hbond substituents is 1. The predicted octanol–water partition coefficient (Wildman–Crippen LogP) is 4.05. The second-order valence-corrected chi connectivity index (χ2v) is 8.47. The number of carbonyl (C=O) groups excluding carboxylic acids is 1. The van der Waals surface area contributed by atoms with Crippen molar-refractivity contribution >= 4 is 17.7 Å². The smallest absolute Gasteiger partial charge is 0.273 e. The average molecular weight is 424 g/mol. The van der Waals surface area contributed by atoms with Crippen molar-refractivity contribution in [1.82, 2.24) is 15.1 Å². The topological polar surface area (TPSA) is 89.5 Å². The lowest BCUT2D eigenvalue weighted by Gasteiger charge is -2.26. The Morgan fingerprint density at radius 2 is 1.93 bits per heavy atom. The number of aryl methyl sites for hydroxylation is 2. The molecule has 1 aromatic heterocycles. The molecule has 30 heavy (non-hydrogen) atoms. The molecule has 1 unspecified atom stereocenters. The molecule has 1 atom stereocenters. The number of aromatic amines is 1. The minimum atomic E-state index is -0.330. The Bertz CT molecular complexity index is 1090. The number of nitrogens with zero attached hydrogens (tertiary/aromatic N) is 2. The molecular weight excluding hydrogens is 398 g/mol. The van der Waals surface area contributed by atoms with Crippen molar-refractivity contribution in [2.24, 2.45) is 0 Å². The van der Waals surface area contributed by atoms with Crippen LogP contribution in [-0.4, -0.2) is 50.6 Å². The van der Waals surface area contributed by atoms with Crippen molar-refractivity contribution in [1.29, 1.82) is 0 Å². The fourth-order valence-electron chi connectivity index (χ4n) is 4.15. The van der Waals surface area contributed by atoms with Gasteiger partial charge in [0.25, 0.3) is 5.91 Å². The van der Waals surface area contributed by atoms with Crippen molar-refractivity contribution < 1.29 is 15.0 Å². The van der Waals surface area contributed by atoms with Crippen molar-refractivity contribution in [3.8, 4) is 17.0 Å². The van der Waals surface area contributed by atoms with Gasteiger partial charge in [0.1, 0.15) is 17.1 Å². The van der Waals surface area contributed by atoms with Crippen LogP contribution < -0.4 is 0 Å². The first-order valence-electron chi connectivity index (χ1n) is 9.90. The summed E-state index contributed by atoms with van der Waals surface area (Å²) in [7, 11) is 0. The van der Waals surface area contributed by atoms with Crippen LogP contribution in [0.5, 0.6) is 5.75 Å². The number of carbonyl (C=O) groups is 1. The van der Waals surface area contributed by atoms with Crippen LogP contribution in [-0.2, 0) is 0 Å². The molecule has 0 radical (unpaired) electrons. The number of hydrogen-bond donors (Lipinski definition) is 3. The minimum absolute atomic E-state index is 0.0127. The van der Waals surface area contributed by atoms with Gasteiger partial charge in [-0.2, -0.15) is 5.10 Å². The third-order valence-electron chi connectivity index (χ3n) is 5.55. The summed E-state index contributed by atoms with van der Waals surface area (Å²) in [6.45, 7) is 4.28. The summed E-state index contributed by atoms with van der Waals surface area (Å²) in [5.41, 5.74) is 5.18. The zero-order chi connectivity index (χ0) is 21.4. The number of aliphatic hydroxyl groups is 1. The summed E-state index contributed by atoms with van der Waals surface area (Å²) < 4.78 is 0. The minimum Gasteiger partial charge on any atom is -0.507 e. The molecule has 0 aliphatic carbocycles. The zero-order valence-electron chi connectivity index (χ0n) is 17.3. The van der Waals surface area contributed by atoms with E-state index in [-0.39, 0.29) is 24.3 Å². The Morgan fingerprint density at radius 3 is 2.60 bits per heavy atom. The van der Waals surface area contributed by atoms with Gasteiger partial charge in [-0.25, -0.2) is 0 Å². The van der Waals surface area contributed by atoms with E-state index in [1.807, 2.05) is 56.5 Å². The van der Waals surface area contributed by atoms with Crippen LogP contribution in [0.3, 0.4) is 0 Å².